The lowest BCUT2D eigenvalue weighted by Crippen LogP contribution is -2.54. The van der Waals surface area contributed by atoms with Gasteiger partial charge in [-0.15, -0.1) is 0 Å². The quantitative estimate of drug-likeness (QED) is 0.642. The number of aryl methyl sites for hydroxylation is 3. The summed E-state index contributed by atoms with van der Waals surface area (Å²) < 4.78 is 0. The Labute approximate surface area is 189 Å². The second-order valence-electron chi connectivity index (χ2n) is 8.87. The Bertz CT molecular complexity index is 1110. The standard InChI is InChI=1S/C26H32N4O2/c1-18-12-19(2)26(28-14-18)29-10-11-30(20(3)16-29)25(32)9-5-7-22-6-4-8-24-23(22)13-21(17-31)15-27-24/h4,6,8,12-15,20,31H,5,7,9-11,16-17H2,1-3H3/t20-/m0/s1. The maximum atomic E-state index is 13.0. The number of anilines is 1. The van der Waals surface area contributed by atoms with Crippen LogP contribution in [0.5, 0.6) is 0 Å². The molecule has 1 fully saturated rings. The Morgan fingerprint density at radius 1 is 1.16 bits per heavy atom. The number of piperazine rings is 1. The van der Waals surface area contributed by atoms with Gasteiger partial charge in [-0.3, -0.25) is 9.78 Å². The molecule has 1 aliphatic rings. The number of pyridine rings is 2. The van der Waals surface area contributed by atoms with Crippen LogP contribution < -0.4 is 4.90 Å². The average Bonchev–Trinajstić information content (AvgIpc) is 2.78. The van der Waals surface area contributed by atoms with E-state index in [9.17, 15) is 9.90 Å². The molecule has 1 N–H and O–H groups in total. The molecule has 0 unspecified atom stereocenters. The fourth-order valence-corrected chi connectivity index (χ4v) is 4.69. The van der Waals surface area contributed by atoms with E-state index in [2.05, 4.69) is 47.8 Å². The maximum absolute atomic E-state index is 13.0. The van der Waals surface area contributed by atoms with Crippen LogP contribution in [0.4, 0.5) is 5.82 Å². The van der Waals surface area contributed by atoms with Crippen LogP contribution in [0.1, 0.15) is 42.0 Å². The molecular formula is C26H32N4O2. The van der Waals surface area contributed by atoms with Gasteiger partial charge in [-0.25, -0.2) is 4.98 Å². The monoisotopic (exact) mass is 432 g/mol. The molecule has 168 valence electrons. The van der Waals surface area contributed by atoms with Gasteiger partial charge < -0.3 is 14.9 Å². The Morgan fingerprint density at radius 2 is 2.00 bits per heavy atom. The molecule has 2 aromatic heterocycles. The number of nitrogens with zero attached hydrogens (tertiary/aromatic N) is 4. The minimum absolute atomic E-state index is 0.0166. The highest BCUT2D eigenvalue weighted by Gasteiger charge is 2.28. The summed E-state index contributed by atoms with van der Waals surface area (Å²) in [5.41, 5.74) is 5.27. The first kappa shape index (κ1) is 22.2. The van der Waals surface area contributed by atoms with Crippen LogP contribution in [0.2, 0.25) is 0 Å². The van der Waals surface area contributed by atoms with Gasteiger partial charge in [-0.2, -0.15) is 0 Å². The van der Waals surface area contributed by atoms with Crippen LogP contribution in [0.25, 0.3) is 10.9 Å². The molecule has 1 amide bonds. The van der Waals surface area contributed by atoms with E-state index in [0.29, 0.717) is 6.42 Å². The van der Waals surface area contributed by atoms with Crippen molar-refractivity contribution in [3.63, 3.8) is 0 Å². The van der Waals surface area contributed by atoms with E-state index < -0.39 is 0 Å². The summed E-state index contributed by atoms with van der Waals surface area (Å²) in [6.45, 7) is 8.62. The normalized spacial score (nSPS) is 16.6. The van der Waals surface area contributed by atoms with E-state index >= 15 is 0 Å². The molecular weight excluding hydrogens is 400 g/mol. The topological polar surface area (TPSA) is 69.6 Å². The molecule has 0 spiro atoms. The second kappa shape index (κ2) is 9.65. The Balaban J connectivity index is 1.35. The number of hydrogen-bond acceptors (Lipinski definition) is 5. The summed E-state index contributed by atoms with van der Waals surface area (Å²) in [5, 5.41) is 10.5. The van der Waals surface area contributed by atoms with Gasteiger partial charge >= 0.3 is 0 Å². The van der Waals surface area contributed by atoms with Crippen molar-refractivity contribution in [3.05, 3.63) is 65.0 Å². The Kier molecular flexibility index (Phi) is 6.70. The van der Waals surface area contributed by atoms with Crippen LogP contribution >= 0.6 is 0 Å². The zero-order chi connectivity index (χ0) is 22.7. The fourth-order valence-electron chi connectivity index (χ4n) is 4.69. The van der Waals surface area contributed by atoms with Crippen molar-refractivity contribution in [3.8, 4) is 0 Å². The van der Waals surface area contributed by atoms with Crippen LogP contribution in [0.3, 0.4) is 0 Å². The summed E-state index contributed by atoms with van der Waals surface area (Å²) in [6.07, 6.45) is 5.78. The minimum atomic E-state index is -0.0166. The lowest BCUT2D eigenvalue weighted by Gasteiger charge is -2.41. The number of aliphatic hydroxyl groups is 1. The number of carbonyl (C=O) groups excluding carboxylic acids is 1. The van der Waals surface area contributed by atoms with Gasteiger partial charge in [0, 0.05) is 49.9 Å². The van der Waals surface area contributed by atoms with Gasteiger partial charge in [-0.1, -0.05) is 18.2 Å². The minimum Gasteiger partial charge on any atom is -0.392 e. The highest BCUT2D eigenvalue weighted by molar-refractivity contribution is 5.83. The van der Waals surface area contributed by atoms with Crippen molar-refractivity contribution < 1.29 is 9.90 Å². The molecule has 1 aliphatic heterocycles. The molecule has 6 nitrogen and oxygen atoms in total. The highest BCUT2D eigenvalue weighted by atomic mass is 16.3. The van der Waals surface area contributed by atoms with Gasteiger partial charge in [-0.05, 0) is 68.0 Å². The molecule has 6 heteroatoms. The highest BCUT2D eigenvalue weighted by Crippen LogP contribution is 2.23. The van der Waals surface area contributed by atoms with Crippen LogP contribution in [0.15, 0.2) is 42.7 Å². The number of hydrogen-bond donors (Lipinski definition) is 1. The summed E-state index contributed by atoms with van der Waals surface area (Å²) >= 11 is 0. The molecule has 0 bridgehead atoms. The number of aliphatic hydroxyl groups excluding tert-OH is 1. The number of rotatable bonds is 6. The van der Waals surface area contributed by atoms with Crippen molar-refractivity contribution in [2.24, 2.45) is 0 Å². The largest absolute Gasteiger partial charge is 0.392 e. The summed E-state index contributed by atoms with van der Waals surface area (Å²) in [5.74, 6) is 1.25. The molecule has 0 saturated carbocycles. The number of amides is 1. The first-order valence-corrected chi connectivity index (χ1v) is 11.4. The molecule has 32 heavy (non-hydrogen) atoms. The third-order valence-electron chi connectivity index (χ3n) is 6.33. The van der Waals surface area contributed by atoms with Crippen molar-refractivity contribution in [1.29, 1.82) is 0 Å². The number of carbonyl (C=O) groups is 1. The molecule has 3 heterocycles. The number of benzene rings is 1. The maximum Gasteiger partial charge on any atom is 0.222 e. The van der Waals surface area contributed by atoms with Gasteiger partial charge in [0.05, 0.1) is 12.1 Å². The second-order valence-corrected chi connectivity index (χ2v) is 8.87. The van der Waals surface area contributed by atoms with Crippen molar-refractivity contribution in [2.75, 3.05) is 24.5 Å². The van der Waals surface area contributed by atoms with Gasteiger partial charge in [0.2, 0.25) is 5.91 Å². The van der Waals surface area contributed by atoms with E-state index in [-0.39, 0.29) is 18.6 Å². The van der Waals surface area contributed by atoms with Crippen LogP contribution in [0, 0.1) is 13.8 Å². The zero-order valence-electron chi connectivity index (χ0n) is 19.2. The first-order chi connectivity index (χ1) is 15.5. The Morgan fingerprint density at radius 3 is 2.75 bits per heavy atom. The lowest BCUT2D eigenvalue weighted by molar-refractivity contribution is -0.133. The molecule has 1 atom stereocenters. The third-order valence-corrected chi connectivity index (χ3v) is 6.33. The zero-order valence-corrected chi connectivity index (χ0v) is 19.2. The predicted molar refractivity (Wildman–Crippen MR) is 128 cm³/mol. The van der Waals surface area contributed by atoms with Crippen LogP contribution in [-0.2, 0) is 17.8 Å². The summed E-state index contributed by atoms with van der Waals surface area (Å²) in [4.78, 5) is 26.3. The number of fused-ring (bicyclic) bond motifs is 1. The molecule has 0 aliphatic carbocycles. The van der Waals surface area contributed by atoms with Gasteiger partial charge in [0.25, 0.3) is 0 Å². The van der Waals surface area contributed by atoms with E-state index in [0.717, 1.165) is 54.8 Å². The lowest BCUT2D eigenvalue weighted by atomic mass is 10.0. The van der Waals surface area contributed by atoms with E-state index in [1.807, 2.05) is 29.3 Å². The van der Waals surface area contributed by atoms with E-state index in [1.165, 1.54) is 16.7 Å². The van der Waals surface area contributed by atoms with Crippen LogP contribution in [-0.4, -0.2) is 51.6 Å². The molecule has 3 aromatic rings. The van der Waals surface area contributed by atoms with Crippen molar-refractivity contribution in [1.82, 2.24) is 14.9 Å². The first-order valence-electron chi connectivity index (χ1n) is 11.4. The smallest absolute Gasteiger partial charge is 0.222 e. The number of aromatic nitrogens is 2. The summed E-state index contributed by atoms with van der Waals surface area (Å²) in [7, 11) is 0. The Hall–Kier alpha value is -2.99. The fraction of sp³-hybridized carbons (Fsp3) is 0.423. The van der Waals surface area contributed by atoms with E-state index in [4.69, 9.17) is 0 Å². The molecule has 4 rings (SSSR count). The summed E-state index contributed by atoms with van der Waals surface area (Å²) in [6, 6.07) is 10.4. The third kappa shape index (κ3) is 4.75. The van der Waals surface area contributed by atoms with Crippen molar-refractivity contribution >= 4 is 22.6 Å². The predicted octanol–water partition coefficient (Wildman–Crippen LogP) is 3.80. The van der Waals surface area contributed by atoms with E-state index in [1.54, 1.807) is 6.20 Å². The van der Waals surface area contributed by atoms with Gasteiger partial charge in [0.15, 0.2) is 0 Å². The SMILES string of the molecule is Cc1cnc(N2CCN(C(=O)CCCc3cccc4ncc(CO)cc34)[C@@H](C)C2)c(C)c1. The molecule has 0 radical (unpaired) electrons. The van der Waals surface area contributed by atoms with Crippen molar-refractivity contribution in [2.45, 2.75) is 52.7 Å². The van der Waals surface area contributed by atoms with Gasteiger partial charge in [0.1, 0.15) is 5.82 Å². The average molecular weight is 433 g/mol. The molecule has 1 saturated heterocycles. The molecule has 1 aromatic carbocycles.